The van der Waals surface area contributed by atoms with Crippen molar-refractivity contribution in [2.24, 2.45) is 0 Å². The van der Waals surface area contributed by atoms with Crippen LogP contribution in [0.15, 0.2) is 48.5 Å². The van der Waals surface area contributed by atoms with Gasteiger partial charge in [-0.1, -0.05) is 54.6 Å². The summed E-state index contributed by atoms with van der Waals surface area (Å²) in [6, 6.07) is 15.7. The van der Waals surface area contributed by atoms with Gasteiger partial charge in [-0.3, -0.25) is 0 Å². The van der Waals surface area contributed by atoms with E-state index in [1.165, 1.54) is 0 Å². The summed E-state index contributed by atoms with van der Waals surface area (Å²) in [7, 11) is 0. The van der Waals surface area contributed by atoms with E-state index in [4.69, 9.17) is 11.5 Å². The van der Waals surface area contributed by atoms with Gasteiger partial charge in [0.2, 0.25) is 0 Å². The number of nitrogens with two attached hydrogens (primary N) is 2. The number of benzene rings is 2. The van der Waals surface area contributed by atoms with Crippen molar-refractivity contribution in [3.8, 4) is 0 Å². The van der Waals surface area contributed by atoms with Gasteiger partial charge >= 0.3 is 29.6 Å². The average Bonchev–Trinajstić information content (AvgIpc) is 2.32. The van der Waals surface area contributed by atoms with Crippen LogP contribution >= 0.6 is 0 Å². The van der Waals surface area contributed by atoms with Gasteiger partial charge in [-0.05, 0) is 17.2 Å². The minimum absolute atomic E-state index is 0. The molecule has 0 saturated carbocycles. The molecule has 0 aromatic heterocycles. The number of para-hydroxylation sites is 1. The number of nitrogen functional groups attached to an aromatic ring is 2. The third kappa shape index (κ3) is 3.63. The van der Waals surface area contributed by atoms with Crippen molar-refractivity contribution in [1.29, 1.82) is 0 Å². The predicted molar refractivity (Wildman–Crippen MR) is 71.7 cm³/mol. The Morgan fingerprint density at radius 1 is 0.824 bits per heavy atom. The van der Waals surface area contributed by atoms with Crippen molar-refractivity contribution in [2.75, 3.05) is 11.5 Å². The van der Waals surface area contributed by atoms with E-state index in [9.17, 15) is 0 Å². The Balaban J connectivity index is 0.00000144. The first kappa shape index (κ1) is 13.8. The Morgan fingerprint density at radius 2 is 1.53 bits per heavy atom. The first-order chi connectivity index (χ1) is 7.77. The molecule has 3 heteroatoms. The first-order valence-electron chi connectivity index (χ1n) is 5.14. The van der Waals surface area contributed by atoms with Gasteiger partial charge in [-0.15, -0.1) is 0 Å². The van der Waals surface area contributed by atoms with Crippen LogP contribution in [-0.2, 0) is 0 Å². The van der Waals surface area contributed by atoms with Gasteiger partial charge in [0, 0.05) is 0 Å². The first-order valence-corrected chi connectivity index (χ1v) is 5.14. The molecule has 0 heterocycles. The standard InChI is InChI=1S/C14H14N2.Na.H/c15-13-8-4-7-12(14(13)16)10-9-11-5-2-1-3-6-11;;/h1-10H,15-16H2;;/q;+1;-1. The third-order valence-electron chi connectivity index (χ3n) is 2.43. The van der Waals surface area contributed by atoms with E-state index in [1.807, 2.05) is 54.6 Å². The van der Waals surface area contributed by atoms with Crippen molar-refractivity contribution >= 4 is 23.5 Å². The fourth-order valence-electron chi connectivity index (χ4n) is 1.50. The Labute approximate surface area is 125 Å². The van der Waals surface area contributed by atoms with Crippen molar-refractivity contribution in [3.63, 3.8) is 0 Å². The molecule has 0 fully saturated rings. The van der Waals surface area contributed by atoms with E-state index in [-0.39, 0.29) is 31.0 Å². The van der Waals surface area contributed by atoms with Crippen LogP contribution in [0.25, 0.3) is 12.2 Å². The van der Waals surface area contributed by atoms with E-state index in [0.29, 0.717) is 11.4 Å². The normalized spacial score (nSPS) is 10.1. The van der Waals surface area contributed by atoms with Crippen molar-refractivity contribution < 1.29 is 31.0 Å². The summed E-state index contributed by atoms with van der Waals surface area (Å²) >= 11 is 0. The molecule has 0 saturated heterocycles. The maximum absolute atomic E-state index is 5.87. The monoisotopic (exact) mass is 234 g/mol. The number of hydrogen-bond donors (Lipinski definition) is 2. The fraction of sp³-hybridized carbons (Fsp3) is 0. The van der Waals surface area contributed by atoms with Gasteiger partial charge in [0.05, 0.1) is 11.4 Å². The van der Waals surface area contributed by atoms with Gasteiger partial charge < -0.3 is 12.9 Å². The van der Waals surface area contributed by atoms with Gasteiger partial charge in [0.1, 0.15) is 0 Å². The van der Waals surface area contributed by atoms with Crippen LogP contribution in [0, 0.1) is 0 Å². The quantitative estimate of drug-likeness (QED) is 0.441. The van der Waals surface area contributed by atoms with Gasteiger partial charge in [0.15, 0.2) is 0 Å². The Bertz CT molecular complexity index is 512. The molecule has 2 aromatic carbocycles. The summed E-state index contributed by atoms with van der Waals surface area (Å²) in [5.74, 6) is 0. The maximum Gasteiger partial charge on any atom is 1.00 e. The van der Waals surface area contributed by atoms with Crippen molar-refractivity contribution in [2.45, 2.75) is 0 Å². The van der Waals surface area contributed by atoms with Gasteiger partial charge in [-0.2, -0.15) is 0 Å². The second-order valence-electron chi connectivity index (χ2n) is 3.59. The molecular formula is C14H15N2Na. The summed E-state index contributed by atoms with van der Waals surface area (Å²) in [6.07, 6.45) is 3.99. The Morgan fingerprint density at radius 3 is 2.24 bits per heavy atom. The number of rotatable bonds is 2. The summed E-state index contributed by atoms with van der Waals surface area (Å²) in [5.41, 5.74) is 14.9. The van der Waals surface area contributed by atoms with Gasteiger partial charge in [-0.25, -0.2) is 0 Å². The molecule has 17 heavy (non-hydrogen) atoms. The number of hydrogen-bond acceptors (Lipinski definition) is 2. The molecule has 2 nitrogen and oxygen atoms in total. The summed E-state index contributed by atoms with van der Waals surface area (Å²) in [5, 5.41) is 0. The van der Waals surface area contributed by atoms with Gasteiger partial charge in [0.25, 0.3) is 0 Å². The van der Waals surface area contributed by atoms with Crippen molar-refractivity contribution in [3.05, 3.63) is 59.7 Å². The molecule has 0 aliphatic heterocycles. The van der Waals surface area contributed by atoms with Crippen LogP contribution < -0.4 is 41.0 Å². The van der Waals surface area contributed by atoms with Crippen LogP contribution in [-0.4, -0.2) is 0 Å². The second kappa shape index (κ2) is 6.50. The van der Waals surface area contributed by atoms with E-state index in [1.54, 1.807) is 6.07 Å². The average molecular weight is 234 g/mol. The van der Waals surface area contributed by atoms with Crippen LogP contribution in [0.3, 0.4) is 0 Å². The largest absolute Gasteiger partial charge is 1.00 e. The van der Waals surface area contributed by atoms with Crippen LogP contribution in [0.4, 0.5) is 11.4 Å². The molecule has 2 aromatic rings. The zero-order valence-electron chi connectivity index (χ0n) is 10.9. The molecule has 4 N–H and O–H groups in total. The fourth-order valence-corrected chi connectivity index (χ4v) is 1.50. The third-order valence-corrected chi connectivity index (χ3v) is 2.43. The second-order valence-corrected chi connectivity index (χ2v) is 3.59. The smallest absolute Gasteiger partial charge is 1.00 e. The topological polar surface area (TPSA) is 52.0 Å². The molecule has 2 rings (SSSR count). The zero-order chi connectivity index (χ0) is 11.4. The molecule has 0 aliphatic carbocycles. The van der Waals surface area contributed by atoms with Crippen LogP contribution in [0.5, 0.6) is 0 Å². The predicted octanol–water partition coefficient (Wildman–Crippen LogP) is 0.138. The molecule has 0 spiro atoms. The van der Waals surface area contributed by atoms with E-state index in [0.717, 1.165) is 11.1 Å². The zero-order valence-corrected chi connectivity index (χ0v) is 11.9. The maximum atomic E-state index is 5.87. The van der Waals surface area contributed by atoms with E-state index in [2.05, 4.69) is 0 Å². The summed E-state index contributed by atoms with van der Waals surface area (Å²) in [4.78, 5) is 0. The Hall–Kier alpha value is -1.22. The summed E-state index contributed by atoms with van der Waals surface area (Å²) < 4.78 is 0. The van der Waals surface area contributed by atoms with Crippen molar-refractivity contribution in [1.82, 2.24) is 0 Å². The number of anilines is 2. The SMILES string of the molecule is Nc1cccc(C=Cc2ccccc2)c1N.[H-].[Na+]. The van der Waals surface area contributed by atoms with E-state index >= 15 is 0 Å². The molecule has 0 radical (unpaired) electrons. The molecule has 82 valence electrons. The summed E-state index contributed by atoms with van der Waals surface area (Å²) in [6.45, 7) is 0. The van der Waals surface area contributed by atoms with E-state index < -0.39 is 0 Å². The van der Waals surface area contributed by atoms with Crippen LogP contribution in [0.1, 0.15) is 12.6 Å². The Kier molecular flexibility index (Phi) is 5.29. The molecule has 0 unspecified atom stereocenters. The molecule has 0 aliphatic rings. The molecule has 0 bridgehead atoms. The molecule has 0 amide bonds. The minimum Gasteiger partial charge on any atom is -1.00 e. The minimum atomic E-state index is 0. The molecular weight excluding hydrogens is 219 g/mol. The van der Waals surface area contributed by atoms with Crippen LogP contribution in [0.2, 0.25) is 0 Å². The molecule has 0 atom stereocenters.